The second-order valence-electron chi connectivity index (χ2n) is 7.39. The highest BCUT2D eigenvalue weighted by Gasteiger charge is 2.35. The Balaban J connectivity index is 1.52. The lowest BCUT2D eigenvalue weighted by Gasteiger charge is -2.26. The van der Waals surface area contributed by atoms with Crippen molar-refractivity contribution in [1.29, 1.82) is 0 Å². The molecule has 1 aliphatic rings. The molecule has 4 rings (SSSR count). The molecule has 1 saturated heterocycles. The molecule has 0 radical (unpaired) electrons. The summed E-state index contributed by atoms with van der Waals surface area (Å²) in [4.78, 5) is 19.0. The van der Waals surface area contributed by atoms with E-state index >= 15 is 0 Å². The monoisotopic (exact) mass is 467 g/mol. The van der Waals surface area contributed by atoms with Gasteiger partial charge in [-0.2, -0.15) is 18.3 Å². The first-order chi connectivity index (χ1) is 15.3. The lowest BCUT2D eigenvalue weighted by atomic mass is 10.1. The van der Waals surface area contributed by atoms with Gasteiger partial charge in [0.15, 0.2) is 17.0 Å². The molecule has 0 atom stereocenters. The fourth-order valence-electron chi connectivity index (χ4n) is 3.48. The number of ether oxygens (including phenoxy) is 1. The van der Waals surface area contributed by atoms with E-state index in [1.54, 1.807) is 24.3 Å². The van der Waals surface area contributed by atoms with Crippen LogP contribution in [0.3, 0.4) is 0 Å². The second-order valence-corrected chi connectivity index (χ2v) is 7.83. The van der Waals surface area contributed by atoms with E-state index in [9.17, 15) is 18.0 Å². The first kappa shape index (κ1) is 22.5. The van der Waals surface area contributed by atoms with Crippen molar-refractivity contribution in [3.8, 4) is 11.3 Å². The van der Waals surface area contributed by atoms with Crippen molar-refractivity contribution in [1.82, 2.24) is 24.8 Å². The summed E-state index contributed by atoms with van der Waals surface area (Å²) in [6.45, 7) is 4.28. The summed E-state index contributed by atoms with van der Waals surface area (Å²) >= 11 is 5.87. The van der Waals surface area contributed by atoms with Crippen LogP contribution in [0.2, 0.25) is 5.02 Å². The Morgan fingerprint density at radius 1 is 1.16 bits per heavy atom. The summed E-state index contributed by atoms with van der Waals surface area (Å²) in [5.74, 6) is -0.543. The highest BCUT2D eigenvalue weighted by Crippen LogP contribution is 2.32. The number of rotatable bonds is 6. The van der Waals surface area contributed by atoms with Crippen LogP contribution >= 0.6 is 11.6 Å². The van der Waals surface area contributed by atoms with Crippen LogP contribution in [-0.4, -0.2) is 64.8 Å². The third kappa shape index (κ3) is 5.20. The topological polar surface area (TPSA) is 71.8 Å². The predicted octanol–water partition coefficient (Wildman–Crippen LogP) is 3.52. The van der Waals surface area contributed by atoms with Gasteiger partial charge >= 0.3 is 6.18 Å². The largest absolute Gasteiger partial charge is 0.433 e. The minimum Gasteiger partial charge on any atom is -0.379 e. The van der Waals surface area contributed by atoms with E-state index in [1.807, 2.05) is 0 Å². The van der Waals surface area contributed by atoms with Crippen molar-refractivity contribution in [3.63, 3.8) is 0 Å². The van der Waals surface area contributed by atoms with Gasteiger partial charge in [0, 0.05) is 36.3 Å². The number of nitrogens with zero attached hydrogens (tertiary/aromatic N) is 4. The average Bonchev–Trinajstić information content (AvgIpc) is 3.21. The lowest BCUT2D eigenvalue weighted by Crippen LogP contribution is -2.38. The number of halogens is 4. The van der Waals surface area contributed by atoms with Gasteiger partial charge in [0.1, 0.15) is 0 Å². The van der Waals surface area contributed by atoms with E-state index in [2.05, 4.69) is 20.3 Å². The standard InChI is InChI=1S/C21H21ClF3N5O2/c22-15-4-2-14(3-5-15)16-12-18(21(23,24)25)30-19(27-16)13-17(28-30)20(31)26-6-1-7-29-8-10-32-11-9-29/h2-5,12-13H,1,6-11H2,(H,26,31). The van der Waals surface area contributed by atoms with Gasteiger partial charge in [-0.05, 0) is 31.2 Å². The van der Waals surface area contributed by atoms with E-state index in [4.69, 9.17) is 16.3 Å². The maximum atomic E-state index is 13.7. The summed E-state index contributed by atoms with van der Waals surface area (Å²) < 4.78 is 47.0. The lowest BCUT2D eigenvalue weighted by molar-refractivity contribution is -0.142. The maximum absolute atomic E-state index is 13.7. The number of hydrogen-bond acceptors (Lipinski definition) is 5. The molecule has 3 aromatic rings. The van der Waals surface area contributed by atoms with Crippen molar-refractivity contribution < 1.29 is 22.7 Å². The first-order valence-corrected chi connectivity index (χ1v) is 10.5. The van der Waals surface area contributed by atoms with E-state index < -0.39 is 17.8 Å². The highest BCUT2D eigenvalue weighted by molar-refractivity contribution is 6.30. The van der Waals surface area contributed by atoms with Gasteiger partial charge in [-0.3, -0.25) is 9.69 Å². The number of morpholine rings is 1. The summed E-state index contributed by atoms with van der Waals surface area (Å²) in [6.07, 6.45) is -3.97. The van der Waals surface area contributed by atoms with Crippen molar-refractivity contribution in [2.75, 3.05) is 39.4 Å². The van der Waals surface area contributed by atoms with Gasteiger partial charge in [-0.1, -0.05) is 23.7 Å². The summed E-state index contributed by atoms with van der Waals surface area (Å²) in [7, 11) is 0. The van der Waals surface area contributed by atoms with Crippen LogP contribution in [0.25, 0.3) is 16.9 Å². The quantitative estimate of drug-likeness (QED) is 0.562. The fraction of sp³-hybridized carbons (Fsp3) is 0.381. The molecule has 0 saturated carbocycles. The average molecular weight is 468 g/mol. The zero-order chi connectivity index (χ0) is 22.7. The smallest absolute Gasteiger partial charge is 0.379 e. The number of fused-ring (bicyclic) bond motifs is 1. The number of hydrogen-bond donors (Lipinski definition) is 1. The summed E-state index contributed by atoms with van der Waals surface area (Å²) in [6, 6.07) is 8.48. The van der Waals surface area contributed by atoms with Crippen LogP contribution in [0, 0.1) is 0 Å². The van der Waals surface area contributed by atoms with Gasteiger partial charge in [-0.15, -0.1) is 0 Å². The molecule has 7 nitrogen and oxygen atoms in total. The number of carbonyl (C=O) groups excluding carboxylic acids is 1. The number of benzene rings is 1. The number of carbonyl (C=O) groups is 1. The van der Waals surface area contributed by atoms with Crippen LogP contribution < -0.4 is 5.32 Å². The number of nitrogens with one attached hydrogen (secondary N) is 1. The molecule has 0 bridgehead atoms. The zero-order valence-electron chi connectivity index (χ0n) is 17.0. The summed E-state index contributed by atoms with van der Waals surface area (Å²) in [5, 5.41) is 7.05. The molecule has 0 unspecified atom stereocenters. The molecule has 2 aromatic heterocycles. The van der Waals surface area contributed by atoms with Crippen molar-refractivity contribution in [2.24, 2.45) is 0 Å². The number of alkyl halides is 3. The van der Waals surface area contributed by atoms with E-state index in [0.29, 0.717) is 41.3 Å². The Labute approximate surface area is 187 Å². The molecule has 0 aliphatic carbocycles. The minimum absolute atomic E-state index is 0.0664. The maximum Gasteiger partial charge on any atom is 0.433 e. The van der Waals surface area contributed by atoms with Crippen molar-refractivity contribution in [3.05, 3.63) is 52.8 Å². The van der Waals surface area contributed by atoms with Crippen LogP contribution in [0.4, 0.5) is 13.2 Å². The molecule has 1 fully saturated rings. The molecular formula is C21H21ClF3N5O2. The molecule has 170 valence electrons. The fourth-order valence-corrected chi connectivity index (χ4v) is 3.60. The number of amides is 1. The first-order valence-electron chi connectivity index (χ1n) is 10.1. The third-order valence-corrected chi connectivity index (χ3v) is 5.38. The van der Waals surface area contributed by atoms with Crippen LogP contribution in [0.1, 0.15) is 22.6 Å². The molecule has 1 aliphatic heterocycles. The predicted molar refractivity (Wildman–Crippen MR) is 113 cm³/mol. The molecule has 3 heterocycles. The Morgan fingerprint density at radius 2 is 1.88 bits per heavy atom. The van der Waals surface area contributed by atoms with Gasteiger partial charge < -0.3 is 10.1 Å². The molecule has 1 aromatic carbocycles. The molecule has 32 heavy (non-hydrogen) atoms. The second kappa shape index (κ2) is 9.43. The number of aromatic nitrogens is 3. The van der Waals surface area contributed by atoms with Crippen molar-refractivity contribution in [2.45, 2.75) is 12.6 Å². The Morgan fingerprint density at radius 3 is 2.56 bits per heavy atom. The molecular weight excluding hydrogens is 447 g/mol. The SMILES string of the molecule is O=C(NCCCN1CCOCC1)c1cc2nc(-c3ccc(Cl)cc3)cc(C(F)(F)F)n2n1. The zero-order valence-corrected chi connectivity index (χ0v) is 17.8. The van der Waals surface area contributed by atoms with E-state index in [0.717, 1.165) is 25.7 Å². The Hall–Kier alpha value is -2.69. The Bertz CT molecular complexity index is 1100. The van der Waals surface area contributed by atoms with Gasteiger partial charge in [0.25, 0.3) is 5.91 Å². The van der Waals surface area contributed by atoms with Crippen molar-refractivity contribution >= 4 is 23.2 Å². The summed E-state index contributed by atoms with van der Waals surface area (Å²) in [5.41, 5.74) is -0.624. The van der Waals surface area contributed by atoms with Crippen LogP contribution in [-0.2, 0) is 10.9 Å². The van der Waals surface area contributed by atoms with E-state index in [1.165, 1.54) is 6.07 Å². The molecule has 0 spiro atoms. The highest BCUT2D eigenvalue weighted by atomic mass is 35.5. The Kier molecular flexibility index (Phi) is 6.63. The molecule has 1 N–H and O–H groups in total. The minimum atomic E-state index is -4.68. The van der Waals surface area contributed by atoms with Gasteiger partial charge in [-0.25, -0.2) is 9.50 Å². The normalized spacial score (nSPS) is 15.2. The van der Waals surface area contributed by atoms with Gasteiger partial charge in [0.05, 0.1) is 18.9 Å². The third-order valence-electron chi connectivity index (χ3n) is 5.13. The van der Waals surface area contributed by atoms with Crippen LogP contribution in [0.15, 0.2) is 36.4 Å². The van der Waals surface area contributed by atoms with Crippen LogP contribution in [0.5, 0.6) is 0 Å². The molecule has 1 amide bonds. The van der Waals surface area contributed by atoms with Gasteiger partial charge in [0.2, 0.25) is 0 Å². The molecule has 11 heteroatoms. The van der Waals surface area contributed by atoms with E-state index in [-0.39, 0.29) is 17.0 Å².